The third kappa shape index (κ3) is 4.44. The minimum atomic E-state index is -4.67. The Kier molecular flexibility index (Phi) is 5.16. The van der Waals surface area contributed by atoms with Crippen LogP contribution < -0.4 is 4.74 Å². The Morgan fingerprint density at radius 3 is 2.16 bits per heavy atom. The van der Waals surface area contributed by atoms with E-state index in [1.807, 2.05) is 12.1 Å². The number of ether oxygens (including phenoxy) is 1. The van der Waals surface area contributed by atoms with Crippen LogP contribution in [0, 0.1) is 0 Å². The van der Waals surface area contributed by atoms with Crippen LogP contribution in [0.3, 0.4) is 0 Å². The fourth-order valence-electron chi connectivity index (χ4n) is 3.21. The Labute approximate surface area is 145 Å². The van der Waals surface area contributed by atoms with Gasteiger partial charge in [-0.2, -0.15) is 0 Å². The molecule has 0 bridgehead atoms. The molecule has 0 spiro atoms. The number of hydrogen-bond acceptors (Lipinski definition) is 1. The van der Waals surface area contributed by atoms with E-state index in [9.17, 15) is 13.2 Å². The number of halogens is 3. The van der Waals surface area contributed by atoms with Crippen LogP contribution >= 0.6 is 0 Å². The van der Waals surface area contributed by atoms with Crippen LogP contribution in [0.2, 0.25) is 0 Å². The highest BCUT2D eigenvalue weighted by atomic mass is 19.4. The van der Waals surface area contributed by atoms with Crippen LogP contribution in [-0.4, -0.2) is 6.36 Å². The molecule has 0 amide bonds. The highest BCUT2D eigenvalue weighted by Crippen LogP contribution is 2.31. The Morgan fingerprint density at radius 2 is 1.48 bits per heavy atom. The van der Waals surface area contributed by atoms with Crippen LogP contribution in [0.4, 0.5) is 13.2 Å². The predicted octanol–water partition coefficient (Wildman–Crippen LogP) is 7.01. The molecule has 0 heterocycles. The van der Waals surface area contributed by atoms with Crippen molar-refractivity contribution in [2.75, 3.05) is 0 Å². The van der Waals surface area contributed by atoms with Gasteiger partial charge >= 0.3 is 6.36 Å². The van der Waals surface area contributed by atoms with E-state index in [4.69, 9.17) is 0 Å². The zero-order valence-electron chi connectivity index (χ0n) is 14.2. The van der Waals surface area contributed by atoms with E-state index in [1.165, 1.54) is 43.4 Å². The molecule has 0 radical (unpaired) electrons. The maximum Gasteiger partial charge on any atom is 0.573 e. The SMILES string of the molecule is CCCCCCc1ccc2c(ccc3cc(OC(F)(F)F)ccc32)c1. The van der Waals surface area contributed by atoms with E-state index in [1.54, 1.807) is 6.07 Å². The summed E-state index contributed by atoms with van der Waals surface area (Å²) in [5.41, 5.74) is 1.31. The minimum absolute atomic E-state index is 0.188. The van der Waals surface area contributed by atoms with Gasteiger partial charge < -0.3 is 4.74 Å². The van der Waals surface area contributed by atoms with Gasteiger partial charge in [-0.05, 0) is 52.1 Å². The van der Waals surface area contributed by atoms with Crippen molar-refractivity contribution in [1.82, 2.24) is 0 Å². The van der Waals surface area contributed by atoms with Gasteiger partial charge in [-0.15, -0.1) is 13.2 Å². The summed E-state index contributed by atoms with van der Waals surface area (Å²) in [5.74, 6) is -0.188. The largest absolute Gasteiger partial charge is 0.573 e. The lowest BCUT2D eigenvalue weighted by Gasteiger charge is -2.11. The third-order valence-corrected chi connectivity index (χ3v) is 4.42. The molecule has 25 heavy (non-hydrogen) atoms. The maximum absolute atomic E-state index is 12.4. The number of fused-ring (bicyclic) bond motifs is 3. The fraction of sp³-hybridized carbons (Fsp3) is 0.333. The summed E-state index contributed by atoms with van der Waals surface area (Å²) in [4.78, 5) is 0. The van der Waals surface area contributed by atoms with Gasteiger partial charge in [0.2, 0.25) is 0 Å². The van der Waals surface area contributed by atoms with Crippen molar-refractivity contribution in [1.29, 1.82) is 0 Å². The molecule has 0 aliphatic heterocycles. The second kappa shape index (κ2) is 7.34. The standard InChI is InChI=1S/C21H21F3O/c1-2-3-4-5-6-15-7-11-19-16(13-15)8-9-17-14-18(10-12-20(17)19)25-21(22,23)24/h7-14H,2-6H2,1H3. The van der Waals surface area contributed by atoms with E-state index in [-0.39, 0.29) is 5.75 Å². The van der Waals surface area contributed by atoms with E-state index in [2.05, 4.69) is 29.9 Å². The van der Waals surface area contributed by atoms with Gasteiger partial charge in [0.25, 0.3) is 0 Å². The number of unbranched alkanes of at least 4 members (excludes halogenated alkanes) is 3. The fourth-order valence-corrected chi connectivity index (χ4v) is 3.21. The van der Waals surface area contributed by atoms with E-state index < -0.39 is 6.36 Å². The molecule has 0 saturated heterocycles. The minimum Gasteiger partial charge on any atom is -0.406 e. The Balaban J connectivity index is 1.88. The Bertz CT molecular complexity index is 868. The number of aryl methyl sites for hydroxylation is 1. The molecular formula is C21H21F3O. The van der Waals surface area contributed by atoms with Crippen LogP contribution in [0.5, 0.6) is 5.75 Å². The van der Waals surface area contributed by atoms with Gasteiger partial charge in [-0.3, -0.25) is 0 Å². The zero-order valence-corrected chi connectivity index (χ0v) is 14.2. The lowest BCUT2D eigenvalue weighted by molar-refractivity contribution is -0.274. The molecule has 3 rings (SSSR count). The molecule has 0 fully saturated rings. The molecule has 3 aromatic rings. The van der Waals surface area contributed by atoms with Crippen LogP contribution in [0.25, 0.3) is 21.5 Å². The lowest BCUT2D eigenvalue weighted by atomic mass is 9.98. The molecule has 0 saturated carbocycles. The summed E-state index contributed by atoms with van der Waals surface area (Å²) < 4.78 is 41.1. The van der Waals surface area contributed by atoms with Crippen LogP contribution in [-0.2, 0) is 6.42 Å². The van der Waals surface area contributed by atoms with Crippen molar-refractivity contribution in [2.24, 2.45) is 0 Å². The first-order valence-corrected chi connectivity index (χ1v) is 8.67. The van der Waals surface area contributed by atoms with Gasteiger partial charge in [0.15, 0.2) is 0 Å². The molecule has 0 aliphatic rings. The topological polar surface area (TPSA) is 9.23 Å². The molecule has 0 atom stereocenters. The summed E-state index contributed by atoms with van der Waals surface area (Å²) in [6.45, 7) is 2.20. The van der Waals surface area contributed by atoms with Gasteiger partial charge in [0.05, 0.1) is 0 Å². The zero-order chi connectivity index (χ0) is 17.9. The highest BCUT2D eigenvalue weighted by molar-refractivity contribution is 6.07. The molecule has 1 nitrogen and oxygen atoms in total. The number of hydrogen-bond donors (Lipinski definition) is 0. The summed E-state index contributed by atoms with van der Waals surface area (Å²) >= 11 is 0. The van der Waals surface area contributed by atoms with Gasteiger partial charge in [-0.25, -0.2) is 0 Å². The monoisotopic (exact) mass is 346 g/mol. The number of benzene rings is 3. The van der Waals surface area contributed by atoms with Crippen molar-refractivity contribution in [2.45, 2.75) is 45.4 Å². The number of alkyl halides is 3. The predicted molar refractivity (Wildman–Crippen MR) is 96.0 cm³/mol. The second-order valence-corrected chi connectivity index (χ2v) is 6.36. The van der Waals surface area contributed by atoms with Crippen LogP contribution in [0.15, 0.2) is 48.5 Å². The Hall–Kier alpha value is -2.23. The van der Waals surface area contributed by atoms with Crippen molar-refractivity contribution in [3.05, 3.63) is 54.1 Å². The quantitative estimate of drug-likeness (QED) is 0.344. The summed E-state index contributed by atoms with van der Waals surface area (Å²) in [5, 5.41) is 3.84. The van der Waals surface area contributed by atoms with Crippen molar-refractivity contribution in [3.8, 4) is 5.75 Å². The van der Waals surface area contributed by atoms with E-state index in [0.717, 1.165) is 28.0 Å². The van der Waals surface area contributed by atoms with Crippen LogP contribution in [0.1, 0.15) is 38.2 Å². The molecule has 4 heteroatoms. The molecule has 0 N–H and O–H groups in total. The van der Waals surface area contributed by atoms with E-state index >= 15 is 0 Å². The average Bonchev–Trinajstić information content (AvgIpc) is 2.57. The first-order valence-electron chi connectivity index (χ1n) is 8.67. The van der Waals surface area contributed by atoms with Crippen molar-refractivity contribution < 1.29 is 17.9 Å². The Morgan fingerprint density at radius 1 is 0.800 bits per heavy atom. The third-order valence-electron chi connectivity index (χ3n) is 4.42. The summed E-state index contributed by atoms with van der Waals surface area (Å²) in [6, 6.07) is 14.7. The summed E-state index contributed by atoms with van der Waals surface area (Å²) in [6.07, 6.45) is 1.31. The smallest absolute Gasteiger partial charge is 0.406 e. The summed E-state index contributed by atoms with van der Waals surface area (Å²) in [7, 11) is 0. The van der Waals surface area contributed by atoms with Crippen molar-refractivity contribution >= 4 is 21.5 Å². The van der Waals surface area contributed by atoms with Gasteiger partial charge in [0.1, 0.15) is 5.75 Å². The van der Waals surface area contributed by atoms with Crippen molar-refractivity contribution in [3.63, 3.8) is 0 Å². The molecule has 3 aromatic carbocycles. The molecule has 132 valence electrons. The van der Waals surface area contributed by atoms with Gasteiger partial charge in [-0.1, -0.05) is 62.6 Å². The normalized spacial score (nSPS) is 12.0. The van der Waals surface area contributed by atoms with Gasteiger partial charge in [0, 0.05) is 0 Å². The average molecular weight is 346 g/mol. The molecular weight excluding hydrogens is 325 g/mol. The lowest BCUT2D eigenvalue weighted by Crippen LogP contribution is -2.16. The maximum atomic E-state index is 12.4. The highest BCUT2D eigenvalue weighted by Gasteiger charge is 2.31. The number of rotatable bonds is 6. The molecule has 0 aromatic heterocycles. The van der Waals surface area contributed by atoms with E-state index in [0.29, 0.717) is 0 Å². The molecule has 0 unspecified atom stereocenters. The molecule has 0 aliphatic carbocycles. The first-order chi connectivity index (χ1) is 12.0. The first kappa shape index (κ1) is 17.6. The second-order valence-electron chi connectivity index (χ2n) is 6.36.